The third-order valence-electron chi connectivity index (χ3n) is 1.73. The second kappa shape index (κ2) is 4.52. The molecule has 1 rings (SSSR count). The molecule has 1 N–H and O–H groups in total. The van der Waals surface area contributed by atoms with Crippen LogP contribution in [0.4, 0.5) is 0 Å². The highest BCUT2D eigenvalue weighted by molar-refractivity contribution is 6.02. The van der Waals surface area contributed by atoms with Crippen LogP contribution in [0, 0.1) is 0 Å². The Hall–Kier alpha value is -1.48. The molecule has 0 aliphatic heterocycles. The maximum Gasteiger partial charge on any atom is 0.165 e. The minimum absolute atomic E-state index is 0.0604. The second-order valence-electron chi connectivity index (χ2n) is 2.60. The van der Waals surface area contributed by atoms with Crippen LogP contribution in [-0.4, -0.2) is 23.8 Å². The van der Waals surface area contributed by atoms with Crippen molar-refractivity contribution < 1.29 is 14.7 Å². The van der Waals surface area contributed by atoms with Gasteiger partial charge in [-0.05, 0) is 0 Å². The van der Waals surface area contributed by atoms with Gasteiger partial charge in [0.1, 0.15) is 0 Å². The van der Waals surface area contributed by atoms with Crippen LogP contribution in [0.25, 0.3) is 0 Å². The molecule has 1 aromatic rings. The number of ketones is 1. The van der Waals surface area contributed by atoms with E-state index in [9.17, 15) is 9.59 Å². The zero-order valence-corrected chi connectivity index (χ0v) is 7.06. The fraction of sp³-hybridized carbons (Fsp3) is 0.200. The van der Waals surface area contributed by atoms with E-state index in [0.29, 0.717) is 17.4 Å². The van der Waals surface area contributed by atoms with Crippen molar-refractivity contribution in [2.24, 2.45) is 0 Å². The number of hydrogen-bond acceptors (Lipinski definition) is 3. The quantitative estimate of drug-likeness (QED) is 0.554. The van der Waals surface area contributed by atoms with Crippen LogP contribution in [0.2, 0.25) is 0 Å². The molecular weight excluding hydrogens is 168 g/mol. The lowest BCUT2D eigenvalue weighted by molar-refractivity contribution is 0.0951. The molecule has 1 aromatic carbocycles. The Morgan fingerprint density at radius 1 is 1.38 bits per heavy atom. The minimum atomic E-state index is -0.204. The number of aliphatic hydroxyl groups is 1. The van der Waals surface area contributed by atoms with Gasteiger partial charge in [-0.25, -0.2) is 0 Å². The van der Waals surface area contributed by atoms with Gasteiger partial charge in [-0.2, -0.15) is 0 Å². The van der Waals surface area contributed by atoms with Crippen molar-refractivity contribution in [1.29, 1.82) is 0 Å². The minimum Gasteiger partial charge on any atom is -0.396 e. The maximum atomic E-state index is 11.3. The first-order valence-corrected chi connectivity index (χ1v) is 3.98. The van der Waals surface area contributed by atoms with E-state index in [2.05, 4.69) is 0 Å². The van der Waals surface area contributed by atoms with Gasteiger partial charge in [-0.1, -0.05) is 24.3 Å². The molecule has 0 spiro atoms. The fourth-order valence-electron chi connectivity index (χ4n) is 1.09. The van der Waals surface area contributed by atoms with Gasteiger partial charge in [0.15, 0.2) is 12.1 Å². The highest BCUT2D eigenvalue weighted by Crippen LogP contribution is 2.08. The third kappa shape index (κ3) is 2.23. The summed E-state index contributed by atoms with van der Waals surface area (Å²) in [6.07, 6.45) is 0.704. The summed E-state index contributed by atoms with van der Waals surface area (Å²) in [6, 6.07) is 6.55. The van der Waals surface area contributed by atoms with Crippen LogP contribution in [-0.2, 0) is 0 Å². The predicted octanol–water partition coefficient (Wildman–Crippen LogP) is 1.06. The number of rotatable bonds is 4. The smallest absolute Gasteiger partial charge is 0.165 e. The lowest BCUT2D eigenvalue weighted by atomic mass is 10.0. The summed E-state index contributed by atoms with van der Waals surface area (Å²) < 4.78 is 0. The van der Waals surface area contributed by atoms with E-state index in [-0.39, 0.29) is 18.8 Å². The summed E-state index contributed by atoms with van der Waals surface area (Å²) in [7, 11) is 0. The molecule has 0 saturated heterocycles. The summed E-state index contributed by atoms with van der Waals surface area (Å²) in [6.45, 7) is -0.188. The van der Waals surface area contributed by atoms with E-state index in [4.69, 9.17) is 5.11 Å². The van der Waals surface area contributed by atoms with Crippen LogP contribution < -0.4 is 0 Å². The molecule has 0 heterocycles. The lowest BCUT2D eigenvalue weighted by Crippen LogP contribution is -2.04. The standard InChI is InChI=1S/C10H10O3/c11-6-5-10(13)9-4-2-1-3-8(9)7-12/h1-4,7,11H,5-6H2. The highest BCUT2D eigenvalue weighted by Gasteiger charge is 2.08. The van der Waals surface area contributed by atoms with E-state index >= 15 is 0 Å². The Morgan fingerprint density at radius 2 is 2.08 bits per heavy atom. The number of carbonyl (C=O) groups excluding carboxylic acids is 2. The summed E-state index contributed by atoms with van der Waals surface area (Å²) in [5, 5.41) is 8.55. The Balaban J connectivity index is 2.98. The molecule has 68 valence electrons. The van der Waals surface area contributed by atoms with Crippen molar-refractivity contribution in [2.45, 2.75) is 6.42 Å². The normalized spacial score (nSPS) is 9.62. The predicted molar refractivity (Wildman–Crippen MR) is 47.9 cm³/mol. The van der Waals surface area contributed by atoms with Gasteiger partial charge in [-0.15, -0.1) is 0 Å². The van der Waals surface area contributed by atoms with Gasteiger partial charge < -0.3 is 5.11 Å². The van der Waals surface area contributed by atoms with Crippen LogP contribution in [0.1, 0.15) is 27.1 Å². The van der Waals surface area contributed by atoms with Gasteiger partial charge in [0, 0.05) is 17.5 Å². The summed E-state index contributed by atoms with van der Waals surface area (Å²) in [5.74, 6) is -0.204. The molecule has 0 saturated carbocycles. The average Bonchev–Trinajstić information content (AvgIpc) is 2.18. The molecule has 0 radical (unpaired) electrons. The number of carbonyl (C=O) groups is 2. The largest absolute Gasteiger partial charge is 0.396 e. The molecule has 0 aliphatic carbocycles. The Morgan fingerprint density at radius 3 is 2.69 bits per heavy atom. The van der Waals surface area contributed by atoms with Crippen LogP contribution in [0.3, 0.4) is 0 Å². The van der Waals surface area contributed by atoms with E-state index in [1.165, 1.54) is 0 Å². The van der Waals surface area contributed by atoms with Gasteiger partial charge >= 0.3 is 0 Å². The zero-order chi connectivity index (χ0) is 9.68. The van der Waals surface area contributed by atoms with E-state index in [1.807, 2.05) is 0 Å². The van der Waals surface area contributed by atoms with Gasteiger partial charge in [-0.3, -0.25) is 9.59 Å². The molecule has 0 fully saturated rings. The van der Waals surface area contributed by atoms with Crippen molar-refractivity contribution in [3.63, 3.8) is 0 Å². The highest BCUT2D eigenvalue weighted by atomic mass is 16.3. The molecule has 0 aliphatic rings. The van der Waals surface area contributed by atoms with Crippen molar-refractivity contribution in [3.05, 3.63) is 35.4 Å². The Kier molecular flexibility index (Phi) is 3.34. The maximum absolute atomic E-state index is 11.3. The summed E-state index contributed by atoms with van der Waals surface area (Å²) in [4.78, 5) is 21.8. The first-order valence-electron chi connectivity index (χ1n) is 3.98. The lowest BCUT2D eigenvalue weighted by Gasteiger charge is -2.00. The Labute approximate surface area is 76.0 Å². The first kappa shape index (κ1) is 9.61. The molecule has 0 bridgehead atoms. The van der Waals surface area contributed by atoms with Gasteiger partial charge in [0.05, 0.1) is 6.61 Å². The zero-order valence-electron chi connectivity index (χ0n) is 7.06. The number of benzene rings is 1. The van der Waals surface area contributed by atoms with Crippen LogP contribution in [0.15, 0.2) is 24.3 Å². The number of Topliss-reactive ketones (excluding diaryl/α,β-unsaturated/α-hetero) is 1. The molecule has 0 unspecified atom stereocenters. The van der Waals surface area contributed by atoms with Crippen LogP contribution >= 0.6 is 0 Å². The SMILES string of the molecule is O=Cc1ccccc1C(=O)CCO. The molecular formula is C10H10O3. The molecule has 0 amide bonds. The summed E-state index contributed by atoms with van der Waals surface area (Å²) in [5.41, 5.74) is 0.757. The fourth-order valence-corrected chi connectivity index (χ4v) is 1.09. The number of hydrogen-bond donors (Lipinski definition) is 1. The Bertz CT molecular complexity index is 318. The van der Waals surface area contributed by atoms with Crippen molar-refractivity contribution >= 4 is 12.1 Å². The third-order valence-corrected chi connectivity index (χ3v) is 1.73. The first-order chi connectivity index (χ1) is 6.29. The van der Waals surface area contributed by atoms with Crippen molar-refractivity contribution in [2.75, 3.05) is 6.61 Å². The van der Waals surface area contributed by atoms with Gasteiger partial charge in [0.25, 0.3) is 0 Å². The molecule has 0 atom stereocenters. The molecule has 0 aromatic heterocycles. The van der Waals surface area contributed by atoms with Crippen LogP contribution in [0.5, 0.6) is 0 Å². The van der Waals surface area contributed by atoms with E-state index in [0.717, 1.165) is 0 Å². The molecule has 3 nitrogen and oxygen atoms in total. The topological polar surface area (TPSA) is 54.4 Å². The van der Waals surface area contributed by atoms with Crippen molar-refractivity contribution in [1.82, 2.24) is 0 Å². The van der Waals surface area contributed by atoms with Gasteiger partial charge in [0.2, 0.25) is 0 Å². The van der Waals surface area contributed by atoms with Crippen molar-refractivity contribution in [3.8, 4) is 0 Å². The summed E-state index contributed by atoms with van der Waals surface area (Å²) >= 11 is 0. The average molecular weight is 178 g/mol. The van der Waals surface area contributed by atoms with E-state index in [1.54, 1.807) is 24.3 Å². The molecule has 3 heteroatoms. The number of aldehydes is 1. The molecule has 13 heavy (non-hydrogen) atoms. The second-order valence-corrected chi connectivity index (χ2v) is 2.60. The number of aliphatic hydroxyl groups excluding tert-OH is 1. The monoisotopic (exact) mass is 178 g/mol. The van der Waals surface area contributed by atoms with E-state index < -0.39 is 0 Å².